The first-order valence-corrected chi connectivity index (χ1v) is 13.5. The second kappa shape index (κ2) is 9.66. The Morgan fingerprint density at radius 2 is 1.56 bits per heavy atom. The maximum atomic E-state index is 13.6. The van der Waals surface area contributed by atoms with Gasteiger partial charge in [0, 0.05) is 52.7 Å². The van der Waals surface area contributed by atoms with E-state index in [1.54, 1.807) is 7.11 Å². The Bertz CT molecular complexity index is 1680. The molecule has 5 nitrogen and oxygen atoms in total. The van der Waals surface area contributed by atoms with Crippen molar-refractivity contribution in [3.05, 3.63) is 125 Å². The third-order valence-electron chi connectivity index (χ3n) is 7.87. The van der Waals surface area contributed by atoms with Crippen molar-refractivity contribution in [3.8, 4) is 16.9 Å². The number of carbonyl (C=O) groups excluding carboxylic acids is 1. The molecule has 1 unspecified atom stereocenters. The molecule has 0 N–H and O–H groups in total. The Morgan fingerprint density at radius 1 is 0.821 bits per heavy atom. The number of aryl methyl sites for hydroxylation is 1. The van der Waals surface area contributed by atoms with Gasteiger partial charge in [-0.15, -0.1) is 0 Å². The van der Waals surface area contributed by atoms with Crippen molar-refractivity contribution in [1.29, 1.82) is 0 Å². The van der Waals surface area contributed by atoms with Gasteiger partial charge in [0.2, 0.25) is 5.60 Å². The van der Waals surface area contributed by atoms with E-state index < -0.39 is 5.60 Å². The first kappa shape index (κ1) is 24.8. The van der Waals surface area contributed by atoms with Crippen LogP contribution >= 0.6 is 0 Å². The molecule has 196 valence electrons. The molecule has 5 aromatic rings. The highest BCUT2D eigenvalue weighted by atomic mass is 16.6. The van der Waals surface area contributed by atoms with Crippen molar-refractivity contribution >= 4 is 17.2 Å². The summed E-state index contributed by atoms with van der Waals surface area (Å²) < 4.78 is 14.9. The number of hydrogen-bond donors (Lipinski definition) is 0. The Labute approximate surface area is 229 Å². The highest BCUT2D eigenvalue weighted by Crippen LogP contribution is 2.53. The minimum atomic E-state index is -1.23. The van der Waals surface area contributed by atoms with Gasteiger partial charge in [-0.3, -0.25) is 0 Å². The minimum Gasteiger partial charge on any atom is -0.496 e. The fourth-order valence-electron chi connectivity index (χ4n) is 6.06. The maximum Gasteiger partial charge on any atom is 0.340 e. The van der Waals surface area contributed by atoms with Crippen molar-refractivity contribution < 1.29 is 14.3 Å². The standard InChI is InChI=1S/C34H32N2O3/c1-5-35(6-2)25-19-20-30(31(22-25)38-4)34(29-18-11-10-17-27(29)33(37)39-34)32-28(24-14-8-7-9-15-24)21-26-16-12-13-23(3)36(26)32/h7-22H,5-6H2,1-4H3. The third kappa shape index (κ3) is 3.72. The van der Waals surface area contributed by atoms with Crippen LogP contribution in [0.2, 0.25) is 0 Å². The Hall–Kier alpha value is -4.51. The molecule has 5 heteroatoms. The predicted octanol–water partition coefficient (Wildman–Crippen LogP) is 7.23. The molecule has 0 bridgehead atoms. The summed E-state index contributed by atoms with van der Waals surface area (Å²) in [7, 11) is 1.68. The lowest BCUT2D eigenvalue weighted by molar-refractivity contribution is 0.0231. The van der Waals surface area contributed by atoms with Crippen LogP contribution < -0.4 is 9.64 Å². The summed E-state index contributed by atoms with van der Waals surface area (Å²) in [5, 5.41) is 0. The molecule has 0 radical (unpaired) electrons. The van der Waals surface area contributed by atoms with Gasteiger partial charge < -0.3 is 18.8 Å². The highest BCUT2D eigenvalue weighted by molar-refractivity contribution is 5.97. The zero-order valence-corrected chi connectivity index (χ0v) is 22.8. The zero-order valence-electron chi connectivity index (χ0n) is 22.8. The van der Waals surface area contributed by atoms with Gasteiger partial charge in [0.25, 0.3) is 0 Å². The van der Waals surface area contributed by atoms with Crippen LogP contribution in [0.5, 0.6) is 5.75 Å². The fraction of sp³-hybridized carbons (Fsp3) is 0.206. The summed E-state index contributed by atoms with van der Waals surface area (Å²) in [5.41, 5.74) is 7.01. The molecule has 0 saturated heterocycles. The number of pyridine rings is 1. The molecule has 1 atom stereocenters. The molecular weight excluding hydrogens is 484 g/mol. The fourth-order valence-corrected chi connectivity index (χ4v) is 6.06. The molecule has 0 amide bonds. The number of rotatable bonds is 7. The van der Waals surface area contributed by atoms with E-state index in [1.807, 2.05) is 42.5 Å². The number of nitrogens with zero attached hydrogens (tertiary/aromatic N) is 2. The molecular formula is C34H32N2O3. The van der Waals surface area contributed by atoms with Crippen LogP contribution in [-0.4, -0.2) is 30.6 Å². The van der Waals surface area contributed by atoms with Gasteiger partial charge >= 0.3 is 5.97 Å². The number of fused-ring (bicyclic) bond motifs is 2. The smallest absolute Gasteiger partial charge is 0.340 e. The molecule has 0 fully saturated rings. The van der Waals surface area contributed by atoms with Gasteiger partial charge in [-0.05, 0) is 62.7 Å². The average molecular weight is 517 g/mol. The Balaban J connectivity index is 1.77. The van der Waals surface area contributed by atoms with Crippen LogP contribution in [0.15, 0.2) is 97.1 Å². The molecule has 0 aliphatic carbocycles. The van der Waals surface area contributed by atoms with E-state index in [0.29, 0.717) is 11.3 Å². The molecule has 2 aromatic heterocycles. The van der Waals surface area contributed by atoms with Gasteiger partial charge in [0.05, 0.1) is 18.4 Å². The predicted molar refractivity (Wildman–Crippen MR) is 156 cm³/mol. The summed E-state index contributed by atoms with van der Waals surface area (Å²) >= 11 is 0. The third-order valence-corrected chi connectivity index (χ3v) is 7.87. The number of benzene rings is 3. The largest absolute Gasteiger partial charge is 0.496 e. The number of aromatic nitrogens is 1. The molecule has 0 saturated carbocycles. The van der Waals surface area contributed by atoms with Gasteiger partial charge in [-0.1, -0.05) is 54.6 Å². The number of anilines is 1. The number of ether oxygens (including phenoxy) is 2. The van der Waals surface area contributed by atoms with Crippen LogP contribution in [0.4, 0.5) is 5.69 Å². The van der Waals surface area contributed by atoms with Gasteiger partial charge in [0.1, 0.15) is 5.75 Å². The second-order valence-corrected chi connectivity index (χ2v) is 9.87. The van der Waals surface area contributed by atoms with Crippen molar-refractivity contribution in [2.24, 2.45) is 0 Å². The summed E-state index contributed by atoms with van der Waals surface area (Å²) in [6, 6.07) is 32.7. The molecule has 1 aliphatic heterocycles. The minimum absolute atomic E-state index is 0.344. The number of esters is 1. The lowest BCUT2D eigenvalue weighted by Crippen LogP contribution is -2.33. The number of methoxy groups -OCH3 is 1. The lowest BCUT2D eigenvalue weighted by Gasteiger charge is -2.33. The summed E-state index contributed by atoms with van der Waals surface area (Å²) in [6.45, 7) is 8.12. The normalized spacial score (nSPS) is 16.3. The van der Waals surface area contributed by atoms with E-state index in [2.05, 4.69) is 84.7 Å². The Kier molecular flexibility index (Phi) is 6.15. The topological polar surface area (TPSA) is 43.2 Å². The first-order chi connectivity index (χ1) is 19.0. The van der Waals surface area contributed by atoms with Crippen molar-refractivity contribution in [2.75, 3.05) is 25.1 Å². The van der Waals surface area contributed by atoms with Crippen molar-refractivity contribution in [2.45, 2.75) is 26.4 Å². The van der Waals surface area contributed by atoms with Crippen LogP contribution in [0.25, 0.3) is 16.6 Å². The van der Waals surface area contributed by atoms with E-state index in [-0.39, 0.29) is 5.97 Å². The number of hydrogen-bond acceptors (Lipinski definition) is 4. The highest BCUT2D eigenvalue weighted by Gasteiger charge is 2.53. The van der Waals surface area contributed by atoms with E-state index in [1.165, 1.54) is 0 Å². The van der Waals surface area contributed by atoms with Crippen LogP contribution in [0.1, 0.15) is 46.7 Å². The van der Waals surface area contributed by atoms with Crippen LogP contribution in [0, 0.1) is 6.92 Å². The summed E-state index contributed by atoms with van der Waals surface area (Å²) in [4.78, 5) is 15.9. The lowest BCUT2D eigenvalue weighted by atomic mass is 9.79. The van der Waals surface area contributed by atoms with E-state index in [9.17, 15) is 4.79 Å². The van der Waals surface area contributed by atoms with Crippen molar-refractivity contribution in [3.63, 3.8) is 0 Å². The number of cyclic esters (lactones) is 1. The molecule has 3 heterocycles. The monoisotopic (exact) mass is 516 g/mol. The van der Waals surface area contributed by atoms with Gasteiger partial charge in [-0.2, -0.15) is 0 Å². The summed E-state index contributed by atoms with van der Waals surface area (Å²) in [5.74, 6) is 0.328. The van der Waals surface area contributed by atoms with Gasteiger partial charge in [-0.25, -0.2) is 4.79 Å². The molecule has 1 aliphatic rings. The first-order valence-electron chi connectivity index (χ1n) is 13.5. The second-order valence-electron chi connectivity index (χ2n) is 9.87. The van der Waals surface area contributed by atoms with E-state index >= 15 is 0 Å². The molecule has 6 rings (SSSR count). The van der Waals surface area contributed by atoms with Crippen LogP contribution in [0.3, 0.4) is 0 Å². The van der Waals surface area contributed by atoms with Crippen molar-refractivity contribution in [1.82, 2.24) is 4.40 Å². The summed E-state index contributed by atoms with van der Waals surface area (Å²) in [6.07, 6.45) is 0. The van der Waals surface area contributed by atoms with E-state index in [4.69, 9.17) is 9.47 Å². The van der Waals surface area contributed by atoms with E-state index in [0.717, 1.165) is 57.9 Å². The average Bonchev–Trinajstić information content (AvgIpc) is 3.51. The Morgan fingerprint density at radius 3 is 2.31 bits per heavy atom. The number of carbonyl (C=O) groups is 1. The molecule has 39 heavy (non-hydrogen) atoms. The zero-order chi connectivity index (χ0) is 27.1. The molecule has 0 spiro atoms. The van der Waals surface area contributed by atoms with Gasteiger partial charge in [0.15, 0.2) is 0 Å². The SMILES string of the molecule is CCN(CC)c1ccc(C2(c3c(-c4ccccc4)cc4cccc(C)n34)OC(=O)c3ccccc32)c(OC)c1. The van der Waals surface area contributed by atoms with Crippen LogP contribution in [-0.2, 0) is 10.3 Å². The quantitative estimate of drug-likeness (QED) is 0.214. The maximum absolute atomic E-state index is 13.6. The molecule has 3 aromatic carbocycles.